The Morgan fingerprint density at radius 3 is 2.65 bits per heavy atom. The Hall–Kier alpha value is -1.85. The average Bonchev–Trinajstić information content (AvgIpc) is 2.88. The van der Waals surface area contributed by atoms with Crippen LogP contribution in [-0.2, 0) is 0 Å². The third-order valence-corrected chi connectivity index (χ3v) is 4.20. The zero-order chi connectivity index (χ0) is 17.2. The van der Waals surface area contributed by atoms with Crippen molar-refractivity contribution in [3.05, 3.63) is 46.7 Å². The number of hydrogen-bond acceptors (Lipinski definition) is 3. The minimum atomic E-state index is -0.128. The topological polar surface area (TPSA) is 64.2 Å². The van der Waals surface area contributed by atoms with Crippen molar-refractivity contribution in [2.24, 2.45) is 11.1 Å². The standard InChI is InChI=1S/C17H23ClN4O/c1-12-13(16(23)21(4)11-17(2,3)10-19)9-20-22(12)15-8-6-5-7-14(15)18/h5-9H,10-11,19H2,1-4H3. The number of rotatable bonds is 5. The molecule has 1 aromatic heterocycles. The molecule has 2 rings (SSSR count). The van der Waals surface area contributed by atoms with E-state index in [1.807, 2.05) is 39.0 Å². The molecular weight excluding hydrogens is 312 g/mol. The Balaban J connectivity index is 2.29. The van der Waals surface area contributed by atoms with Gasteiger partial charge in [0.25, 0.3) is 5.91 Å². The fourth-order valence-electron chi connectivity index (χ4n) is 2.47. The van der Waals surface area contributed by atoms with Crippen LogP contribution in [0.2, 0.25) is 5.02 Å². The zero-order valence-electron chi connectivity index (χ0n) is 14.0. The molecule has 2 N–H and O–H groups in total. The first-order chi connectivity index (χ1) is 10.8. The summed E-state index contributed by atoms with van der Waals surface area (Å²) in [5, 5.41) is 4.92. The number of halogens is 1. The van der Waals surface area contributed by atoms with Crippen LogP contribution in [0.4, 0.5) is 0 Å². The van der Waals surface area contributed by atoms with Gasteiger partial charge >= 0.3 is 0 Å². The number of aromatic nitrogens is 2. The van der Waals surface area contributed by atoms with Gasteiger partial charge in [-0.05, 0) is 31.0 Å². The van der Waals surface area contributed by atoms with Gasteiger partial charge in [-0.2, -0.15) is 5.10 Å². The molecule has 0 aliphatic carbocycles. The first-order valence-corrected chi connectivity index (χ1v) is 7.89. The van der Waals surface area contributed by atoms with E-state index in [1.165, 1.54) is 0 Å². The van der Waals surface area contributed by atoms with Crippen molar-refractivity contribution in [1.82, 2.24) is 14.7 Å². The fourth-order valence-corrected chi connectivity index (χ4v) is 2.69. The summed E-state index contributed by atoms with van der Waals surface area (Å²) in [6, 6.07) is 7.42. The fraction of sp³-hybridized carbons (Fsp3) is 0.412. The Morgan fingerprint density at radius 2 is 2.04 bits per heavy atom. The number of carbonyl (C=O) groups excluding carboxylic acids is 1. The van der Waals surface area contributed by atoms with Gasteiger partial charge in [0.1, 0.15) is 0 Å². The number of benzene rings is 1. The maximum absolute atomic E-state index is 12.7. The van der Waals surface area contributed by atoms with Gasteiger partial charge < -0.3 is 10.6 Å². The SMILES string of the molecule is Cc1c(C(=O)N(C)CC(C)(C)CN)cnn1-c1ccccc1Cl. The van der Waals surface area contributed by atoms with Crippen LogP contribution in [0.25, 0.3) is 5.69 Å². The molecule has 1 amide bonds. The number of hydrogen-bond donors (Lipinski definition) is 1. The number of nitrogens with zero attached hydrogens (tertiary/aromatic N) is 3. The molecule has 1 heterocycles. The van der Waals surface area contributed by atoms with E-state index in [0.29, 0.717) is 23.7 Å². The minimum absolute atomic E-state index is 0.0673. The van der Waals surface area contributed by atoms with E-state index < -0.39 is 0 Å². The van der Waals surface area contributed by atoms with Crippen LogP contribution in [0.3, 0.4) is 0 Å². The molecule has 23 heavy (non-hydrogen) atoms. The number of para-hydroxylation sites is 1. The van der Waals surface area contributed by atoms with Crippen LogP contribution in [0.15, 0.2) is 30.5 Å². The first kappa shape index (κ1) is 17.5. The Morgan fingerprint density at radius 1 is 1.39 bits per heavy atom. The average molecular weight is 335 g/mol. The largest absolute Gasteiger partial charge is 0.341 e. The molecule has 2 aromatic rings. The van der Waals surface area contributed by atoms with E-state index in [2.05, 4.69) is 5.10 Å². The molecule has 0 radical (unpaired) electrons. The van der Waals surface area contributed by atoms with Gasteiger partial charge in [0, 0.05) is 13.6 Å². The lowest BCUT2D eigenvalue weighted by molar-refractivity contribution is 0.0740. The summed E-state index contributed by atoms with van der Waals surface area (Å²) in [7, 11) is 1.78. The second-order valence-corrected chi connectivity index (χ2v) is 6.94. The third kappa shape index (κ3) is 3.74. The van der Waals surface area contributed by atoms with Gasteiger partial charge in [-0.15, -0.1) is 0 Å². The molecule has 0 fully saturated rings. The molecule has 0 aliphatic rings. The summed E-state index contributed by atoms with van der Waals surface area (Å²) < 4.78 is 1.69. The highest BCUT2D eigenvalue weighted by molar-refractivity contribution is 6.32. The highest BCUT2D eigenvalue weighted by Gasteiger charge is 2.24. The van der Waals surface area contributed by atoms with E-state index in [0.717, 1.165) is 11.4 Å². The first-order valence-electron chi connectivity index (χ1n) is 7.52. The summed E-state index contributed by atoms with van der Waals surface area (Å²) in [6.45, 7) is 7.04. The molecule has 0 saturated carbocycles. The summed E-state index contributed by atoms with van der Waals surface area (Å²) in [5.74, 6) is -0.0673. The van der Waals surface area contributed by atoms with Crippen molar-refractivity contribution in [2.75, 3.05) is 20.1 Å². The van der Waals surface area contributed by atoms with Gasteiger partial charge in [-0.25, -0.2) is 4.68 Å². The second kappa shape index (κ2) is 6.72. The molecule has 0 saturated heterocycles. The molecule has 1 aromatic carbocycles. The van der Waals surface area contributed by atoms with Gasteiger partial charge in [-0.1, -0.05) is 37.6 Å². The molecule has 0 aliphatic heterocycles. The summed E-state index contributed by atoms with van der Waals surface area (Å²) >= 11 is 6.22. The van der Waals surface area contributed by atoms with Crippen LogP contribution < -0.4 is 5.73 Å². The van der Waals surface area contributed by atoms with Gasteiger partial charge in [0.15, 0.2) is 0 Å². The van der Waals surface area contributed by atoms with Crippen LogP contribution >= 0.6 is 11.6 Å². The van der Waals surface area contributed by atoms with E-state index >= 15 is 0 Å². The van der Waals surface area contributed by atoms with E-state index in [4.69, 9.17) is 17.3 Å². The molecule has 5 nitrogen and oxygen atoms in total. The maximum Gasteiger partial charge on any atom is 0.257 e. The lowest BCUT2D eigenvalue weighted by Crippen LogP contribution is -2.39. The molecule has 6 heteroatoms. The number of carbonyl (C=O) groups is 1. The van der Waals surface area contributed by atoms with E-state index in [-0.39, 0.29) is 11.3 Å². The lowest BCUT2D eigenvalue weighted by atomic mass is 9.93. The zero-order valence-corrected chi connectivity index (χ0v) is 14.8. The number of nitrogens with two attached hydrogens (primary N) is 1. The normalized spacial score (nSPS) is 11.6. The van der Waals surface area contributed by atoms with Crippen molar-refractivity contribution in [2.45, 2.75) is 20.8 Å². The van der Waals surface area contributed by atoms with Crippen LogP contribution in [-0.4, -0.2) is 40.7 Å². The summed E-state index contributed by atoms with van der Waals surface area (Å²) in [5.41, 5.74) is 7.72. The van der Waals surface area contributed by atoms with Crippen molar-refractivity contribution in [3.63, 3.8) is 0 Å². The smallest absolute Gasteiger partial charge is 0.257 e. The molecule has 0 bridgehead atoms. The predicted octanol–water partition coefficient (Wildman–Crippen LogP) is 2.89. The van der Waals surface area contributed by atoms with Crippen LogP contribution in [0.1, 0.15) is 29.9 Å². The molecule has 0 spiro atoms. The lowest BCUT2D eigenvalue weighted by Gasteiger charge is -2.29. The van der Waals surface area contributed by atoms with E-state index in [9.17, 15) is 4.79 Å². The monoisotopic (exact) mass is 334 g/mol. The highest BCUT2D eigenvalue weighted by Crippen LogP contribution is 2.23. The van der Waals surface area contributed by atoms with Crippen molar-refractivity contribution in [3.8, 4) is 5.69 Å². The van der Waals surface area contributed by atoms with Gasteiger partial charge in [0.2, 0.25) is 0 Å². The van der Waals surface area contributed by atoms with E-state index in [1.54, 1.807) is 28.9 Å². The van der Waals surface area contributed by atoms with Crippen molar-refractivity contribution >= 4 is 17.5 Å². The number of amides is 1. The minimum Gasteiger partial charge on any atom is -0.341 e. The van der Waals surface area contributed by atoms with Crippen molar-refractivity contribution < 1.29 is 4.79 Å². The molecular formula is C17H23ClN4O. The highest BCUT2D eigenvalue weighted by atomic mass is 35.5. The second-order valence-electron chi connectivity index (χ2n) is 6.54. The predicted molar refractivity (Wildman–Crippen MR) is 93.1 cm³/mol. The maximum atomic E-state index is 12.7. The molecule has 0 unspecified atom stereocenters. The molecule has 0 atom stereocenters. The Bertz CT molecular complexity index is 708. The van der Waals surface area contributed by atoms with Crippen LogP contribution in [0, 0.1) is 12.3 Å². The summed E-state index contributed by atoms with van der Waals surface area (Å²) in [6.07, 6.45) is 1.59. The third-order valence-electron chi connectivity index (χ3n) is 3.89. The molecule has 124 valence electrons. The van der Waals surface area contributed by atoms with Crippen LogP contribution in [0.5, 0.6) is 0 Å². The summed E-state index contributed by atoms with van der Waals surface area (Å²) in [4.78, 5) is 14.4. The Labute approximate surface area is 142 Å². The van der Waals surface area contributed by atoms with Gasteiger partial charge in [-0.3, -0.25) is 4.79 Å². The van der Waals surface area contributed by atoms with Gasteiger partial charge in [0.05, 0.1) is 28.2 Å². The van der Waals surface area contributed by atoms with Crippen molar-refractivity contribution in [1.29, 1.82) is 0 Å². The quantitative estimate of drug-likeness (QED) is 0.914. The Kier molecular flexibility index (Phi) is 5.12.